The van der Waals surface area contributed by atoms with Crippen LogP contribution in [0.2, 0.25) is 0 Å². The highest BCUT2D eigenvalue weighted by molar-refractivity contribution is 5.58. The van der Waals surface area contributed by atoms with Gasteiger partial charge in [-0.15, -0.1) is 0 Å². The average molecular weight is 219 g/mol. The summed E-state index contributed by atoms with van der Waals surface area (Å²) in [6, 6.07) is 8.06. The standard InChI is InChI=1S/C10H9F4N/c11-6-9(10(12,13)14)7-15(9)8-4-2-1-3-5-8/h1-5H,6-7H2. The summed E-state index contributed by atoms with van der Waals surface area (Å²) < 4.78 is 50.2. The highest BCUT2D eigenvalue weighted by Gasteiger charge is 2.70. The zero-order chi connectivity index (χ0) is 11.1. The first-order valence-electron chi connectivity index (χ1n) is 4.47. The minimum absolute atomic E-state index is 0.295. The van der Waals surface area contributed by atoms with Gasteiger partial charge in [-0.05, 0) is 12.1 Å². The van der Waals surface area contributed by atoms with E-state index in [4.69, 9.17) is 0 Å². The number of anilines is 1. The smallest absolute Gasteiger partial charge is 0.351 e. The third kappa shape index (κ3) is 1.46. The number of para-hydroxylation sites is 1. The molecule has 82 valence electrons. The molecule has 1 aliphatic heterocycles. The summed E-state index contributed by atoms with van der Waals surface area (Å²) in [6.45, 7) is -1.69. The molecule has 0 radical (unpaired) electrons. The molecular formula is C10H9F4N. The van der Waals surface area contributed by atoms with Crippen molar-refractivity contribution in [3.63, 3.8) is 0 Å². The van der Waals surface area contributed by atoms with Crippen LogP contribution in [0.5, 0.6) is 0 Å². The number of alkyl halides is 4. The normalized spacial score (nSPS) is 25.5. The topological polar surface area (TPSA) is 3.01 Å². The second-order valence-electron chi connectivity index (χ2n) is 3.58. The van der Waals surface area contributed by atoms with Crippen LogP contribution in [0.3, 0.4) is 0 Å². The summed E-state index contributed by atoms with van der Waals surface area (Å²) >= 11 is 0. The molecule has 1 unspecified atom stereocenters. The van der Waals surface area contributed by atoms with Gasteiger partial charge >= 0.3 is 6.18 Å². The molecule has 0 aliphatic carbocycles. The van der Waals surface area contributed by atoms with Crippen LogP contribution in [0.25, 0.3) is 0 Å². The van der Waals surface area contributed by atoms with Gasteiger partial charge in [-0.3, -0.25) is 0 Å². The van der Waals surface area contributed by atoms with Crippen LogP contribution in [0.15, 0.2) is 30.3 Å². The van der Waals surface area contributed by atoms with Crippen LogP contribution in [-0.2, 0) is 0 Å². The fraction of sp³-hybridized carbons (Fsp3) is 0.400. The lowest BCUT2D eigenvalue weighted by Crippen LogP contribution is -2.39. The van der Waals surface area contributed by atoms with Gasteiger partial charge in [0.1, 0.15) is 6.67 Å². The lowest BCUT2D eigenvalue weighted by Gasteiger charge is -2.18. The van der Waals surface area contributed by atoms with Crippen LogP contribution >= 0.6 is 0 Å². The van der Waals surface area contributed by atoms with Crippen molar-refractivity contribution in [1.29, 1.82) is 0 Å². The summed E-state index contributed by atoms with van der Waals surface area (Å²) in [5.74, 6) is 0. The molecule has 1 nitrogen and oxygen atoms in total. The number of nitrogens with zero attached hydrogens (tertiary/aromatic N) is 1. The van der Waals surface area contributed by atoms with Crippen molar-refractivity contribution in [3.05, 3.63) is 30.3 Å². The fourth-order valence-electron chi connectivity index (χ4n) is 1.61. The van der Waals surface area contributed by atoms with Crippen LogP contribution in [0.4, 0.5) is 23.2 Å². The van der Waals surface area contributed by atoms with Crippen molar-refractivity contribution >= 4 is 5.69 Å². The molecule has 1 atom stereocenters. The molecule has 1 aromatic rings. The first kappa shape index (κ1) is 10.3. The molecule has 0 bridgehead atoms. The Morgan fingerprint density at radius 1 is 1.20 bits per heavy atom. The molecule has 1 saturated heterocycles. The number of benzene rings is 1. The van der Waals surface area contributed by atoms with E-state index in [9.17, 15) is 17.6 Å². The molecule has 0 N–H and O–H groups in total. The third-order valence-electron chi connectivity index (χ3n) is 2.65. The third-order valence-corrected chi connectivity index (χ3v) is 2.65. The van der Waals surface area contributed by atoms with Gasteiger partial charge in [-0.2, -0.15) is 13.2 Å². The molecule has 2 rings (SSSR count). The van der Waals surface area contributed by atoms with E-state index in [0.29, 0.717) is 5.69 Å². The average Bonchev–Trinajstić information content (AvgIpc) is 2.94. The van der Waals surface area contributed by atoms with Crippen molar-refractivity contribution < 1.29 is 17.6 Å². The number of halogens is 4. The Balaban J connectivity index is 2.24. The van der Waals surface area contributed by atoms with Crippen LogP contribution in [0.1, 0.15) is 0 Å². The van der Waals surface area contributed by atoms with Gasteiger partial charge in [0.2, 0.25) is 0 Å². The van der Waals surface area contributed by atoms with E-state index in [1.54, 1.807) is 30.3 Å². The van der Waals surface area contributed by atoms with Crippen LogP contribution in [0, 0.1) is 0 Å². The van der Waals surface area contributed by atoms with Crippen molar-refractivity contribution in [2.24, 2.45) is 0 Å². The number of rotatable bonds is 2. The highest BCUT2D eigenvalue weighted by atomic mass is 19.4. The van der Waals surface area contributed by atoms with Gasteiger partial charge in [-0.1, -0.05) is 18.2 Å². The maximum Gasteiger partial charge on any atom is 0.415 e. The molecule has 0 aromatic heterocycles. The number of hydrogen-bond donors (Lipinski definition) is 0. The molecule has 15 heavy (non-hydrogen) atoms. The Hall–Kier alpha value is -1.26. The van der Waals surface area contributed by atoms with Gasteiger partial charge in [0, 0.05) is 5.69 Å². The van der Waals surface area contributed by atoms with Crippen molar-refractivity contribution in [3.8, 4) is 0 Å². The molecule has 1 fully saturated rings. The highest BCUT2D eigenvalue weighted by Crippen LogP contribution is 2.49. The Bertz CT molecular complexity index is 348. The van der Waals surface area contributed by atoms with Gasteiger partial charge in [-0.25, -0.2) is 4.39 Å². The predicted molar refractivity (Wildman–Crippen MR) is 48.5 cm³/mol. The zero-order valence-corrected chi connectivity index (χ0v) is 7.76. The maximum absolute atomic E-state index is 12.6. The molecule has 0 amide bonds. The zero-order valence-electron chi connectivity index (χ0n) is 7.76. The Morgan fingerprint density at radius 3 is 2.20 bits per heavy atom. The lowest BCUT2D eigenvalue weighted by atomic mass is 10.1. The Kier molecular flexibility index (Phi) is 2.13. The number of hydrogen-bond acceptors (Lipinski definition) is 1. The monoisotopic (exact) mass is 219 g/mol. The predicted octanol–water partition coefficient (Wildman–Crippen LogP) is 2.78. The Morgan fingerprint density at radius 2 is 1.80 bits per heavy atom. The van der Waals surface area contributed by atoms with Crippen molar-refractivity contribution in [1.82, 2.24) is 0 Å². The molecule has 0 spiro atoms. The van der Waals surface area contributed by atoms with Crippen LogP contribution in [-0.4, -0.2) is 24.9 Å². The van der Waals surface area contributed by atoms with Crippen molar-refractivity contribution in [2.45, 2.75) is 11.7 Å². The molecule has 1 aliphatic rings. The second kappa shape index (κ2) is 3.12. The van der Waals surface area contributed by atoms with E-state index in [2.05, 4.69) is 0 Å². The quantitative estimate of drug-likeness (QED) is 0.546. The summed E-state index contributed by atoms with van der Waals surface area (Å²) in [4.78, 5) is 1.03. The van der Waals surface area contributed by atoms with E-state index in [-0.39, 0.29) is 6.54 Å². The molecule has 1 heterocycles. The van der Waals surface area contributed by atoms with Crippen molar-refractivity contribution in [2.75, 3.05) is 18.1 Å². The summed E-state index contributed by atoms with van der Waals surface area (Å²) in [5, 5.41) is 0. The van der Waals surface area contributed by atoms with Gasteiger partial charge < -0.3 is 4.90 Å². The molecule has 5 heteroatoms. The second-order valence-corrected chi connectivity index (χ2v) is 3.58. The largest absolute Gasteiger partial charge is 0.415 e. The van der Waals surface area contributed by atoms with E-state index in [1.807, 2.05) is 0 Å². The molecule has 0 saturated carbocycles. The fourth-order valence-corrected chi connectivity index (χ4v) is 1.61. The van der Waals surface area contributed by atoms with Gasteiger partial charge in [0.05, 0.1) is 6.54 Å². The summed E-state index contributed by atoms with van der Waals surface area (Å²) in [6.07, 6.45) is -4.52. The van der Waals surface area contributed by atoms with Gasteiger partial charge in [0.25, 0.3) is 0 Å². The minimum Gasteiger partial charge on any atom is -0.351 e. The van der Waals surface area contributed by atoms with E-state index >= 15 is 0 Å². The Labute approximate surface area is 84.3 Å². The first-order chi connectivity index (χ1) is 7.01. The molecular weight excluding hydrogens is 210 g/mol. The summed E-state index contributed by atoms with van der Waals surface area (Å²) in [5.41, 5.74) is -1.87. The van der Waals surface area contributed by atoms with E-state index in [0.717, 1.165) is 4.90 Å². The van der Waals surface area contributed by atoms with Gasteiger partial charge in [0.15, 0.2) is 5.54 Å². The van der Waals surface area contributed by atoms with Crippen LogP contribution < -0.4 is 4.90 Å². The van der Waals surface area contributed by atoms with E-state index < -0.39 is 18.4 Å². The molecule has 1 aromatic carbocycles. The first-order valence-corrected chi connectivity index (χ1v) is 4.47. The summed E-state index contributed by atoms with van der Waals surface area (Å²) in [7, 11) is 0. The maximum atomic E-state index is 12.6. The van der Waals surface area contributed by atoms with E-state index in [1.165, 1.54) is 0 Å². The SMILES string of the molecule is FCC1(C(F)(F)F)CN1c1ccccc1. The minimum atomic E-state index is -4.52. The lowest BCUT2D eigenvalue weighted by molar-refractivity contribution is -0.159.